The molecule has 0 saturated heterocycles. The molecule has 1 saturated carbocycles. The van der Waals surface area contributed by atoms with E-state index in [4.69, 9.17) is 33.2 Å². The summed E-state index contributed by atoms with van der Waals surface area (Å²) in [5.41, 5.74) is 0. The number of nitrogens with zero attached hydrogens (tertiary/aromatic N) is 4. The first-order valence-electron chi connectivity index (χ1n) is 22.8. The number of sulfone groups is 2. The van der Waals surface area contributed by atoms with Crippen LogP contribution in [0, 0.1) is 22.3 Å². The van der Waals surface area contributed by atoms with E-state index in [1.807, 2.05) is 12.2 Å². The van der Waals surface area contributed by atoms with Crippen molar-refractivity contribution < 1.29 is 93.0 Å². The number of allylic oxidation sites excluding steroid dienone is 2. The number of carbonyl (C=O) groups excluding carboxylic acids is 5. The summed E-state index contributed by atoms with van der Waals surface area (Å²) in [4.78, 5) is 62.9. The lowest BCUT2D eigenvalue weighted by atomic mass is 9.89. The number of fused-ring (bicyclic) bond motifs is 1. The molecule has 5 atom stereocenters. The molecule has 0 N–H and O–H groups in total. The number of carbonyl (C=O) groups is 5. The third-order valence-corrected chi connectivity index (χ3v) is 14.6. The second kappa shape index (κ2) is 25.7. The smallest absolute Gasteiger partial charge is 0.415 e. The lowest BCUT2D eigenvalue weighted by molar-refractivity contribution is -0.832. The van der Waals surface area contributed by atoms with E-state index in [-0.39, 0.29) is 103 Å². The van der Waals surface area contributed by atoms with Crippen LogP contribution in [0.3, 0.4) is 0 Å². The summed E-state index contributed by atoms with van der Waals surface area (Å²) in [6, 6.07) is 14.2. The van der Waals surface area contributed by atoms with Gasteiger partial charge in [-0.05, 0) is 97.9 Å². The van der Waals surface area contributed by atoms with Crippen LogP contribution in [0.25, 0.3) is 0 Å². The van der Waals surface area contributed by atoms with Crippen molar-refractivity contribution >= 4 is 49.5 Å². The molecule has 2 aromatic heterocycles. The van der Waals surface area contributed by atoms with Crippen LogP contribution in [0.4, 0.5) is 0 Å². The number of aromatic nitrogens is 4. The molecule has 0 radical (unpaired) electrons. The van der Waals surface area contributed by atoms with Crippen molar-refractivity contribution in [1.29, 1.82) is 0 Å². The van der Waals surface area contributed by atoms with Gasteiger partial charge in [-0.1, -0.05) is 48.6 Å². The molecule has 72 heavy (non-hydrogen) atoms. The fourth-order valence-electron chi connectivity index (χ4n) is 7.70. The van der Waals surface area contributed by atoms with Crippen LogP contribution in [-0.4, -0.2) is 102 Å². The van der Waals surface area contributed by atoms with Crippen molar-refractivity contribution in [3.63, 3.8) is 0 Å². The monoisotopic (exact) mass is 1040 g/mol. The maximum Gasteiger partial charge on any atom is 0.415 e. The van der Waals surface area contributed by atoms with E-state index < -0.39 is 89.5 Å². The number of hydrogen-bond donors (Lipinski definition) is 0. The van der Waals surface area contributed by atoms with Crippen molar-refractivity contribution in [3.05, 3.63) is 95.4 Å². The summed E-state index contributed by atoms with van der Waals surface area (Å²) in [7, 11) is -8.71. The van der Waals surface area contributed by atoms with Crippen LogP contribution in [0.1, 0.15) is 77.6 Å². The van der Waals surface area contributed by atoms with Gasteiger partial charge in [-0.3, -0.25) is 28.4 Å². The topological polar surface area (TPSA) is 324 Å². The van der Waals surface area contributed by atoms with Gasteiger partial charge in [0.2, 0.25) is 0 Å². The summed E-state index contributed by atoms with van der Waals surface area (Å²) in [5, 5.41) is 29.2. The molecular formula is C46H52N4O20S2. The minimum Gasteiger partial charge on any atom is -0.462 e. The zero-order chi connectivity index (χ0) is 51.7. The second-order valence-electron chi connectivity index (χ2n) is 16.4. The molecule has 1 aliphatic carbocycles. The van der Waals surface area contributed by atoms with E-state index >= 15 is 0 Å². The molecule has 2 aliphatic rings. The number of rotatable bonds is 22. The quantitative estimate of drug-likeness (QED) is 0.0357. The Morgan fingerprint density at radius 1 is 0.681 bits per heavy atom. The molecule has 388 valence electrons. The summed E-state index contributed by atoms with van der Waals surface area (Å²) in [6.07, 6.45) is 6.63. The second-order valence-corrected chi connectivity index (χ2v) is 20.1. The zero-order valence-corrected chi connectivity index (χ0v) is 40.5. The van der Waals surface area contributed by atoms with Crippen molar-refractivity contribution in [2.45, 2.75) is 116 Å². The maximum atomic E-state index is 13.2. The molecule has 0 amide bonds. The molecule has 2 aromatic carbocycles. The van der Waals surface area contributed by atoms with Crippen LogP contribution in [0.5, 0.6) is 11.8 Å². The van der Waals surface area contributed by atoms with E-state index in [9.17, 15) is 51.2 Å². The summed E-state index contributed by atoms with van der Waals surface area (Å²) >= 11 is 0. The summed E-state index contributed by atoms with van der Waals surface area (Å²) in [6.45, 7) is 0.312. The number of ether oxygens (including phenoxy) is 7. The summed E-state index contributed by atoms with van der Waals surface area (Å²) < 4.78 is 98.6. The van der Waals surface area contributed by atoms with Crippen molar-refractivity contribution in [2.75, 3.05) is 26.4 Å². The Morgan fingerprint density at radius 3 is 1.71 bits per heavy atom. The van der Waals surface area contributed by atoms with Crippen LogP contribution in [0.2, 0.25) is 0 Å². The molecule has 1 fully saturated rings. The molecule has 0 bridgehead atoms. The molecular weight excluding hydrogens is 993 g/mol. The highest BCUT2D eigenvalue weighted by atomic mass is 32.2. The van der Waals surface area contributed by atoms with Gasteiger partial charge in [-0.15, -0.1) is 0 Å². The first-order chi connectivity index (χ1) is 34.5. The first kappa shape index (κ1) is 54.0. The Hall–Kier alpha value is -7.35. The first-order valence-corrected chi connectivity index (χ1v) is 25.8. The van der Waals surface area contributed by atoms with E-state index in [2.05, 4.69) is 19.6 Å². The van der Waals surface area contributed by atoms with Gasteiger partial charge in [0.05, 0.1) is 26.2 Å². The van der Waals surface area contributed by atoms with E-state index in [1.165, 1.54) is 60.7 Å². The minimum atomic E-state index is -4.36. The van der Waals surface area contributed by atoms with Gasteiger partial charge in [0.1, 0.15) is 38.6 Å². The minimum absolute atomic E-state index is 0.0107. The Labute approximate surface area is 412 Å². The molecule has 0 spiro atoms. The van der Waals surface area contributed by atoms with Gasteiger partial charge in [0.15, 0.2) is 0 Å². The van der Waals surface area contributed by atoms with Crippen LogP contribution < -0.4 is 19.3 Å². The van der Waals surface area contributed by atoms with Crippen molar-refractivity contribution in [1.82, 2.24) is 10.3 Å². The van der Waals surface area contributed by atoms with E-state index in [0.29, 0.717) is 19.3 Å². The highest BCUT2D eigenvalue weighted by Crippen LogP contribution is 2.39. The Bertz CT molecular complexity index is 2780. The molecule has 3 heterocycles. The van der Waals surface area contributed by atoms with Gasteiger partial charge in [0.25, 0.3) is 19.7 Å². The molecule has 0 unspecified atom stereocenters. The van der Waals surface area contributed by atoms with Gasteiger partial charge in [-0.25, -0.2) is 21.6 Å². The van der Waals surface area contributed by atoms with E-state index in [0.717, 1.165) is 6.42 Å². The average molecular weight is 1050 g/mol. The Balaban J connectivity index is 0.944. The van der Waals surface area contributed by atoms with Crippen molar-refractivity contribution in [3.8, 4) is 11.8 Å². The van der Waals surface area contributed by atoms with Gasteiger partial charge < -0.3 is 43.6 Å². The van der Waals surface area contributed by atoms with Gasteiger partial charge in [0, 0.05) is 37.7 Å². The SMILES string of the molecule is C[C@H]1CCC/C=C/[C@@H]2C[C@H](OC(=O)CCCC(=O)OCCOc3no[n+]([O-])c3S(=O)(=O)c3ccccc3)C[C@H]2[C@H](OC(=O)CCCC(=O)OCCOc2no[n+]([O-])c2S(=O)(=O)c2ccccc2)/C=C/C(=O)O1. The molecule has 6 rings (SSSR count). The molecule has 4 aromatic rings. The zero-order valence-electron chi connectivity index (χ0n) is 38.8. The lowest BCUT2D eigenvalue weighted by Gasteiger charge is -2.25. The molecule has 24 nitrogen and oxygen atoms in total. The Kier molecular flexibility index (Phi) is 19.3. The number of hydrogen-bond acceptors (Lipinski definition) is 22. The fraction of sp³-hybridized carbons (Fsp3) is 0.457. The maximum absolute atomic E-state index is 13.2. The molecule has 26 heteroatoms. The number of cyclic esters (lactones) is 1. The largest absolute Gasteiger partial charge is 0.462 e. The third-order valence-electron chi connectivity index (χ3n) is 11.1. The van der Waals surface area contributed by atoms with Crippen LogP contribution in [0.15, 0.2) is 114 Å². The fourth-order valence-corrected chi connectivity index (χ4v) is 10.3. The van der Waals surface area contributed by atoms with Gasteiger partial charge >= 0.3 is 51.7 Å². The predicted molar refractivity (Wildman–Crippen MR) is 239 cm³/mol. The van der Waals surface area contributed by atoms with Gasteiger partial charge in [-0.2, -0.15) is 0 Å². The summed E-state index contributed by atoms with van der Waals surface area (Å²) in [5.74, 6) is -5.25. The molecule has 1 aliphatic heterocycles. The predicted octanol–water partition coefficient (Wildman–Crippen LogP) is 3.56. The van der Waals surface area contributed by atoms with Crippen molar-refractivity contribution in [2.24, 2.45) is 11.8 Å². The normalized spacial score (nSPS) is 20.2. The highest BCUT2D eigenvalue weighted by Gasteiger charge is 2.41. The lowest BCUT2D eigenvalue weighted by Crippen LogP contribution is -2.31. The highest BCUT2D eigenvalue weighted by molar-refractivity contribution is 7.91. The standard InChI is InChI=1S/C46H52N4O20S2/c1-31-13-5-2-6-14-32-29-33(67-40(53)21-11-19-38(51)62-25-27-64-43-45(49(56)69-47-43)71(58,59)34-15-7-3-8-16-34)30-36(32)37(23-24-42(55)66-31)68-41(54)22-12-20-39(52)63-26-28-65-44-46(50(57)70-48-44)72(60,61)35-17-9-4-10-18-35/h3-4,6-10,14-18,23-24,31-33,36-37H,2,5,11-13,19-22,25-30H2,1H3/b14-6+,24-23+/t31-,32+,33-,36+,37+/m0/s1. The third kappa shape index (κ3) is 15.1. The number of esters is 5. The van der Waals surface area contributed by atoms with Crippen LogP contribution >= 0.6 is 0 Å². The Morgan fingerprint density at radius 2 is 1.18 bits per heavy atom. The number of benzene rings is 2. The average Bonchev–Trinajstić information content (AvgIpc) is 4.06. The van der Waals surface area contributed by atoms with E-state index in [1.54, 1.807) is 19.1 Å². The van der Waals surface area contributed by atoms with Crippen LogP contribution in [-0.2, 0) is 67.3 Å².